The van der Waals surface area contributed by atoms with Crippen LogP contribution in [0.4, 0.5) is 0 Å². The summed E-state index contributed by atoms with van der Waals surface area (Å²) in [5.74, 6) is -2.30. The van der Waals surface area contributed by atoms with Gasteiger partial charge >= 0.3 is 39.5 Å². The Morgan fingerprint density at radius 3 is 1.00 bits per heavy atom. The molecule has 0 aliphatic heterocycles. The number of hydrogen-bond acceptors (Lipinski definition) is 15. The van der Waals surface area contributed by atoms with E-state index in [9.17, 15) is 43.2 Å². The molecule has 17 nitrogen and oxygen atoms in total. The first kappa shape index (κ1) is 89.7. The van der Waals surface area contributed by atoms with Crippen LogP contribution in [0.1, 0.15) is 285 Å². The smallest absolute Gasteiger partial charge is 0.462 e. The number of carbonyl (C=O) groups excluding carboxylic acids is 4. The molecular weight excluding hydrogens is 1230 g/mol. The molecule has 0 saturated heterocycles. The maximum absolute atomic E-state index is 13.0. The van der Waals surface area contributed by atoms with Crippen LogP contribution in [0.5, 0.6) is 0 Å². The summed E-state index contributed by atoms with van der Waals surface area (Å²) in [5, 5.41) is 10.6. The predicted octanol–water partition coefficient (Wildman–Crippen LogP) is 20.2. The van der Waals surface area contributed by atoms with Crippen molar-refractivity contribution >= 4 is 39.5 Å². The van der Waals surface area contributed by atoms with Gasteiger partial charge in [-0.3, -0.25) is 37.3 Å². The number of phosphoric acid groups is 2. The zero-order valence-electron chi connectivity index (χ0n) is 58.6. The number of aliphatic hydroxyl groups is 1. The molecule has 0 aromatic rings. The number of rotatable bonds is 67. The van der Waals surface area contributed by atoms with E-state index in [1.165, 1.54) is 51.4 Å². The first-order chi connectivity index (χ1) is 45.7. The summed E-state index contributed by atoms with van der Waals surface area (Å²) in [7, 11) is -9.96. The van der Waals surface area contributed by atoms with Gasteiger partial charge in [0.15, 0.2) is 12.2 Å². The van der Waals surface area contributed by atoms with Crippen LogP contribution in [0.25, 0.3) is 0 Å². The Bertz CT molecular complexity index is 2220. The predicted molar refractivity (Wildman–Crippen MR) is 381 cm³/mol. The lowest BCUT2D eigenvalue weighted by Gasteiger charge is -2.21. The fourth-order valence-electron chi connectivity index (χ4n) is 9.20. The van der Waals surface area contributed by atoms with Gasteiger partial charge in [0.1, 0.15) is 19.3 Å². The largest absolute Gasteiger partial charge is 0.472 e. The molecule has 0 radical (unpaired) electrons. The molecule has 0 rings (SSSR count). The third-order valence-corrected chi connectivity index (χ3v) is 16.6. The standard InChI is InChI=1S/C75H128O17P2/c1-5-9-13-17-21-25-29-31-32-33-34-35-36-38-42-44-48-52-56-60-73(78)86-66-71(92-75(80)62-58-54-50-46-40-28-24-20-16-12-8-4)68-90-94(83,84)88-64-69(76)63-87-93(81,82)89-67-70(91-74(79)61-57-53-49-45-39-27-23-19-15-11-7-3)65-85-72(77)59-55-51-47-43-41-37-30-26-22-18-14-10-6-2/h9,13-14,18-19,21,23,25-26,30-32,34-35,38,42,48,52,69-71,76H,5-8,10-12,15-17,20,22,24,27-29,33,36-37,39-41,43-47,49-51,53-68H2,1-4H3,(H,81,82)(H,83,84)/b13-9-,18-14-,23-19-,25-21-,30-26-,32-31-,35-34-,42-38-,52-48-. The van der Waals surface area contributed by atoms with Gasteiger partial charge in [-0.1, -0.05) is 259 Å². The van der Waals surface area contributed by atoms with E-state index in [1.807, 2.05) is 18.2 Å². The van der Waals surface area contributed by atoms with Crippen LogP contribution in [-0.2, 0) is 65.4 Å². The lowest BCUT2D eigenvalue weighted by Crippen LogP contribution is -2.30. The Labute approximate surface area is 569 Å². The second-order valence-electron chi connectivity index (χ2n) is 23.8. The number of hydrogen-bond donors (Lipinski definition) is 3. The number of unbranched alkanes of at least 4 members (excludes halogenated alkanes) is 23. The minimum absolute atomic E-state index is 0.0365. The molecule has 0 aliphatic carbocycles. The Kier molecular flexibility index (Phi) is 64.2. The highest BCUT2D eigenvalue weighted by Gasteiger charge is 2.30. The van der Waals surface area contributed by atoms with Crippen molar-refractivity contribution in [3.05, 3.63) is 109 Å². The highest BCUT2D eigenvalue weighted by Crippen LogP contribution is 2.45. The third-order valence-electron chi connectivity index (χ3n) is 14.7. The number of ether oxygens (including phenoxy) is 4. The van der Waals surface area contributed by atoms with Crippen molar-refractivity contribution in [2.75, 3.05) is 39.6 Å². The zero-order chi connectivity index (χ0) is 69.0. The molecule has 94 heavy (non-hydrogen) atoms. The molecule has 0 fully saturated rings. The molecule has 5 atom stereocenters. The Morgan fingerprint density at radius 1 is 0.309 bits per heavy atom. The molecule has 0 heterocycles. The molecule has 540 valence electrons. The first-order valence-corrected chi connectivity index (χ1v) is 39.1. The van der Waals surface area contributed by atoms with Gasteiger partial charge < -0.3 is 33.8 Å². The van der Waals surface area contributed by atoms with E-state index in [2.05, 4.69) is 119 Å². The minimum atomic E-state index is -4.98. The highest BCUT2D eigenvalue weighted by atomic mass is 31.2. The Hall–Kier alpha value is -4.28. The summed E-state index contributed by atoms with van der Waals surface area (Å²) in [4.78, 5) is 72.5. The maximum atomic E-state index is 13.0. The van der Waals surface area contributed by atoms with Gasteiger partial charge in [-0.05, 0) is 109 Å². The van der Waals surface area contributed by atoms with Crippen LogP contribution >= 0.6 is 15.6 Å². The summed E-state index contributed by atoms with van der Waals surface area (Å²) < 4.78 is 68.1. The van der Waals surface area contributed by atoms with Crippen molar-refractivity contribution in [3.63, 3.8) is 0 Å². The lowest BCUT2D eigenvalue weighted by atomic mass is 10.1. The first-order valence-electron chi connectivity index (χ1n) is 36.1. The van der Waals surface area contributed by atoms with E-state index in [-0.39, 0.29) is 25.7 Å². The van der Waals surface area contributed by atoms with Gasteiger partial charge in [-0.25, -0.2) is 9.13 Å². The Balaban J connectivity index is 5.36. The van der Waals surface area contributed by atoms with Gasteiger partial charge in [0, 0.05) is 25.7 Å². The van der Waals surface area contributed by atoms with Crippen LogP contribution in [0, 0.1) is 0 Å². The van der Waals surface area contributed by atoms with E-state index < -0.39 is 97.5 Å². The number of allylic oxidation sites excluding steroid dienone is 18. The van der Waals surface area contributed by atoms with Gasteiger partial charge in [0.2, 0.25) is 0 Å². The van der Waals surface area contributed by atoms with Crippen LogP contribution in [-0.4, -0.2) is 96.7 Å². The van der Waals surface area contributed by atoms with Gasteiger partial charge in [-0.15, -0.1) is 0 Å². The van der Waals surface area contributed by atoms with Crippen molar-refractivity contribution in [2.24, 2.45) is 0 Å². The van der Waals surface area contributed by atoms with Crippen molar-refractivity contribution in [3.8, 4) is 0 Å². The Morgan fingerprint density at radius 2 is 0.606 bits per heavy atom. The molecule has 0 spiro atoms. The van der Waals surface area contributed by atoms with Gasteiger partial charge in [-0.2, -0.15) is 0 Å². The molecule has 19 heteroatoms. The number of aliphatic hydroxyl groups excluding tert-OH is 1. The minimum Gasteiger partial charge on any atom is -0.462 e. The van der Waals surface area contributed by atoms with E-state index >= 15 is 0 Å². The summed E-state index contributed by atoms with van der Waals surface area (Å²) in [6.45, 7) is 4.52. The summed E-state index contributed by atoms with van der Waals surface area (Å²) in [6, 6.07) is 0. The average Bonchev–Trinajstić information content (AvgIpc) is 1.24. The van der Waals surface area contributed by atoms with Crippen LogP contribution in [0.15, 0.2) is 109 Å². The molecule has 0 aromatic heterocycles. The maximum Gasteiger partial charge on any atom is 0.472 e. The fourth-order valence-corrected chi connectivity index (χ4v) is 10.8. The third kappa shape index (κ3) is 66.3. The molecule has 5 unspecified atom stereocenters. The van der Waals surface area contributed by atoms with E-state index in [0.29, 0.717) is 32.1 Å². The summed E-state index contributed by atoms with van der Waals surface area (Å²) in [5.41, 5.74) is 0. The van der Waals surface area contributed by atoms with Gasteiger partial charge in [0.05, 0.1) is 26.4 Å². The number of carbonyl (C=O) groups is 4. The van der Waals surface area contributed by atoms with Crippen LogP contribution in [0.3, 0.4) is 0 Å². The van der Waals surface area contributed by atoms with Crippen LogP contribution in [0.2, 0.25) is 0 Å². The molecule has 0 aromatic carbocycles. The van der Waals surface area contributed by atoms with E-state index in [0.717, 1.165) is 148 Å². The zero-order valence-corrected chi connectivity index (χ0v) is 60.4. The highest BCUT2D eigenvalue weighted by molar-refractivity contribution is 7.47. The van der Waals surface area contributed by atoms with E-state index in [1.54, 1.807) is 0 Å². The number of phosphoric ester groups is 2. The summed E-state index contributed by atoms with van der Waals surface area (Å²) >= 11 is 0. The number of esters is 4. The molecular formula is C75H128O17P2. The molecule has 0 bridgehead atoms. The summed E-state index contributed by atoms with van der Waals surface area (Å²) in [6.07, 6.45) is 69.8. The molecule has 0 saturated carbocycles. The SMILES string of the molecule is CC/C=C\C/C=C\C/C=C\C/C=C\C/C=C\C/C=C\CCC(=O)OCC(COP(=O)(O)OCC(O)COP(=O)(O)OCC(COC(=O)CCCCCCC/C=C\C/C=C\CCC)OC(=O)CCCCCCC/C=C\CCCC)OC(=O)CCCCCCCCCCCCC. The van der Waals surface area contributed by atoms with Crippen molar-refractivity contribution in [1.82, 2.24) is 0 Å². The molecule has 0 aliphatic rings. The fraction of sp³-hybridized carbons (Fsp3) is 0.707. The van der Waals surface area contributed by atoms with Crippen molar-refractivity contribution in [2.45, 2.75) is 303 Å². The van der Waals surface area contributed by atoms with Gasteiger partial charge in [0.25, 0.3) is 0 Å². The van der Waals surface area contributed by atoms with Crippen LogP contribution < -0.4 is 0 Å². The van der Waals surface area contributed by atoms with E-state index in [4.69, 9.17) is 37.0 Å². The topological polar surface area (TPSA) is 237 Å². The quantitative estimate of drug-likeness (QED) is 0.0169. The monoisotopic (exact) mass is 1360 g/mol. The van der Waals surface area contributed by atoms with Crippen molar-refractivity contribution in [1.29, 1.82) is 0 Å². The second kappa shape index (κ2) is 67.3. The van der Waals surface area contributed by atoms with Crippen molar-refractivity contribution < 1.29 is 80.2 Å². The lowest BCUT2D eigenvalue weighted by molar-refractivity contribution is -0.161. The molecule has 0 amide bonds. The average molecular weight is 1360 g/mol. The normalized spacial score (nSPS) is 14.7. The second-order valence-corrected chi connectivity index (χ2v) is 26.7. The molecule has 3 N–H and O–H groups in total.